The molecular weight excluding hydrogens is 232 g/mol. The van der Waals surface area contributed by atoms with Crippen molar-refractivity contribution in [2.75, 3.05) is 7.11 Å². The quantitative estimate of drug-likeness (QED) is 0.728. The molecule has 0 saturated carbocycles. The van der Waals surface area contributed by atoms with Crippen molar-refractivity contribution in [3.05, 3.63) is 64.7 Å². The summed E-state index contributed by atoms with van der Waals surface area (Å²) in [5.74, 6) is 0.917. The predicted molar refractivity (Wildman–Crippen MR) is 80.9 cm³/mol. The van der Waals surface area contributed by atoms with E-state index in [4.69, 9.17) is 4.74 Å². The number of ether oxygens (including phenoxy) is 1. The number of methoxy groups -OCH3 is 1. The topological polar surface area (TPSA) is 9.23 Å². The number of aryl methyl sites for hydroxylation is 4. The second-order valence-corrected chi connectivity index (χ2v) is 5.14. The fourth-order valence-electron chi connectivity index (χ4n) is 2.37. The Hall–Kier alpha value is -1.76. The highest BCUT2D eigenvalue weighted by Gasteiger charge is 2.08. The van der Waals surface area contributed by atoms with Gasteiger partial charge in [0.25, 0.3) is 0 Å². The molecule has 0 radical (unpaired) electrons. The normalized spacial score (nSPS) is 12.4. The van der Waals surface area contributed by atoms with Crippen LogP contribution in [0.4, 0.5) is 0 Å². The molecule has 1 heteroatoms. The lowest BCUT2D eigenvalue weighted by atomic mass is 10.1. The molecule has 0 N–H and O–H groups in total. The van der Waals surface area contributed by atoms with E-state index < -0.39 is 0 Å². The standard InChI is InChI=1S/C10H12.C8H10O/c1-8-5-6-9-3-2-4-10(9)7-8;1-7-3-5-8(9-2)6-4-7/h5-7H,2-4H2,1H3;3-6H,1-2H3. The Labute approximate surface area is 116 Å². The van der Waals surface area contributed by atoms with Gasteiger partial charge in [-0.25, -0.2) is 0 Å². The molecule has 0 bridgehead atoms. The third-order valence-corrected chi connectivity index (χ3v) is 3.51. The summed E-state index contributed by atoms with van der Waals surface area (Å²) in [7, 11) is 1.67. The predicted octanol–water partition coefficient (Wildman–Crippen LogP) is 4.49. The van der Waals surface area contributed by atoms with Crippen LogP contribution in [0, 0.1) is 13.8 Å². The van der Waals surface area contributed by atoms with Crippen LogP contribution in [0.15, 0.2) is 42.5 Å². The van der Waals surface area contributed by atoms with E-state index >= 15 is 0 Å². The Bertz CT molecular complexity index is 526. The summed E-state index contributed by atoms with van der Waals surface area (Å²) in [6.07, 6.45) is 3.96. The Morgan fingerprint density at radius 2 is 1.42 bits per heavy atom. The van der Waals surface area contributed by atoms with Crippen LogP contribution in [0.1, 0.15) is 28.7 Å². The summed E-state index contributed by atoms with van der Waals surface area (Å²) in [5, 5.41) is 0. The van der Waals surface area contributed by atoms with E-state index in [1.54, 1.807) is 18.2 Å². The lowest BCUT2D eigenvalue weighted by Crippen LogP contribution is -1.81. The van der Waals surface area contributed by atoms with Gasteiger partial charge in [-0.05, 0) is 56.4 Å². The van der Waals surface area contributed by atoms with Crippen molar-refractivity contribution >= 4 is 0 Å². The minimum absolute atomic E-state index is 0.917. The van der Waals surface area contributed by atoms with Gasteiger partial charge in [-0.2, -0.15) is 0 Å². The third-order valence-electron chi connectivity index (χ3n) is 3.51. The number of rotatable bonds is 1. The molecule has 2 aromatic rings. The monoisotopic (exact) mass is 254 g/mol. The summed E-state index contributed by atoms with van der Waals surface area (Å²) in [5.41, 5.74) is 5.82. The SMILES string of the molecule is COc1ccc(C)cc1.Cc1ccc2c(c1)CCC2. The van der Waals surface area contributed by atoms with Crippen LogP contribution in [0.2, 0.25) is 0 Å². The van der Waals surface area contributed by atoms with Crippen LogP contribution in [0.3, 0.4) is 0 Å². The van der Waals surface area contributed by atoms with E-state index in [2.05, 4.69) is 32.0 Å². The van der Waals surface area contributed by atoms with Gasteiger partial charge in [-0.1, -0.05) is 41.5 Å². The molecule has 1 aliphatic rings. The van der Waals surface area contributed by atoms with Crippen LogP contribution in [-0.2, 0) is 12.8 Å². The molecule has 19 heavy (non-hydrogen) atoms. The van der Waals surface area contributed by atoms with Crippen molar-refractivity contribution in [2.45, 2.75) is 33.1 Å². The highest BCUT2D eigenvalue weighted by atomic mass is 16.5. The molecule has 0 aliphatic heterocycles. The first-order valence-corrected chi connectivity index (χ1v) is 6.88. The Morgan fingerprint density at radius 3 is 2.11 bits per heavy atom. The first-order valence-electron chi connectivity index (χ1n) is 6.88. The average Bonchev–Trinajstić information content (AvgIpc) is 2.87. The summed E-state index contributed by atoms with van der Waals surface area (Å²) < 4.78 is 4.97. The first-order chi connectivity index (χ1) is 9.19. The highest BCUT2D eigenvalue weighted by Crippen LogP contribution is 2.22. The Balaban J connectivity index is 0.000000141. The molecule has 0 amide bonds. The van der Waals surface area contributed by atoms with E-state index in [9.17, 15) is 0 Å². The summed E-state index contributed by atoms with van der Waals surface area (Å²) in [4.78, 5) is 0. The molecule has 0 fully saturated rings. The van der Waals surface area contributed by atoms with Crippen molar-refractivity contribution in [2.24, 2.45) is 0 Å². The van der Waals surface area contributed by atoms with E-state index in [-0.39, 0.29) is 0 Å². The molecule has 2 aromatic carbocycles. The van der Waals surface area contributed by atoms with Crippen LogP contribution in [0.5, 0.6) is 5.75 Å². The fraction of sp³-hybridized carbons (Fsp3) is 0.333. The number of benzene rings is 2. The zero-order valence-electron chi connectivity index (χ0n) is 12.1. The maximum atomic E-state index is 4.97. The van der Waals surface area contributed by atoms with Crippen molar-refractivity contribution in [3.8, 4) is 5.75 Å². The fourth-order valence-corrected chi connectivity index (χ4v) is 2.37. The maximum Gasteiger partial charge on any atom is 0.118 e. The van der Waals surface area contributed by atoms with Gasteiger partial charge in [0.15, 0.2) is 0 Å². The molecule has 0 aromatic heterocycles. The molecule has 0 saturated heterocycles. The summed E-state index contributed by atoms with van der Waals surface area (Å²) >= 11 is 0. The maximum absolute atomic E-state index is 4.97. The largest absolute Gasteiger partial charge is 0.497 e. The third kappa shape index (κ3) is 3.85. The summed E-state index contributed by atoms with van der Waals surface area (Å²) in [6, 6.07) is 14.8. The zero-order valence-corrected chi connectivity index (χ0v) is 12.1. The summed E-state index contributed by atoms with van der Waals surface area (Å²) in [6.45, 7) is 4.22. The van der Waals surface area contributed by atoms with Crippen molar-refractivity contribution in [1.29, 1.82) is 0 Å². The molecule has 1 aliphatic carbocycles. The van der Waals surface area contributed by atoms with Crippen molar-refractivity contribution in [1.82, 2.24) is 0 Å². The Morgan fingerprint density at radius 1 is 0.789 bits per heavy atom. The van der Waals surface area contributed by atoms with E-state index in [1.807, 2.05) is 24.3 Å². The van der Waals surface area contributed by atoms with E-state index in [1.165, 1.54) is 30.4 Å². The number of fused-ring (bicyclic) bond motifs is 1. The molecule has 0 heterocycles. The molecule has 0 atom stereocenters. The van der Waals surface area contributed by atoms with Crippen molar-refractivity contribution in [3.63, 3.8) is 0 Å². The zero-order chi connectivity index (χ0) is 13.7. The van der Waals surface area contributed by atoms with Crippen LogP contribution < -0.4 is 4.74 Å². The van der Waals surface area contributed by atoms with E-state index in [0.717, 1.165) is 5.75 Å². The Kier molecular flexibility index (Phi) is 4.62. The second kappa shape index (κ2) is 6.42. The molecule has 0 unspecified atom stereocenters. The number of hydrogen-bond acceptors (Lipinski definition) is 1. The second-order valence-electron chi connectivity index (χ2n) is 5.14. The van der Waals surface area contributed by atoms with Crippen LogP contribution >= 0.6 is 0 Å². The number of hydrogen-bond donors (Lipinski definition) is 0. The minimum atomic E-state index is 0.917. The van der Waals surface area contributed by atoms with Gasteiger partial charge in [0.1, 0.15) is 5.75 Å². The van der Waals surface area contributed by atoms with Gasteiger partial charge >= 0.3 is 0 Å². The lowest BCUT2D eigenvalue weighted by Gasteiger charge is -1.98. The van der Waals surface area contributed by atoms with Crippen LogP contribution in [-0.4, -0.2) is 7.11 Å². The van der Waals surface area contributed by atoms with Gasteiger partial charge in [-0.15, -0.1) is 0 Å². The van der Waals surface area contributed by atoms with Gasteiger partial charge in [0, 0.05) is 0 Å². The highest BCUT2D eigenvalue weighted by molar-refractivity contribution is 5.34. The van der Waals surface area contributed by atoms with Gasteiger partial charge in [-0.3, -0.25) is 0 Å². The first kappa shape index (κ1) is 13.7. The van der Waals surface area contributed by atoms with Crippen molar-refractivity contribution < 1.29 is 4.74 Å². The smallest absolute Gasteiger partial charge is 0.118 e. The van der Waals surface area contributed by atoms with Gasteiger partial charge in [0.05, 0.1) is 7.11 Å². The minimum Gasteiger partial charge on any atom is -0.497 e. The van der Waals surface area contributed by atoms with E-state index in [0.29, 0.717) is 0 Å². The molecule has 100 valence electrons. The van der Waals surface area contributed by atoms with Crippen LogP contribution in [0.25, 0.3) is 0 Å². The molecular formula is C18H22O. The molecule has 1 nitrogen and oxygen atoms in total. The van der Waals surface area contributed by atoms with Gasteiger partial charge < -0.3 is 4.74 Å². The van der Waals surface area contributed by atoms with Gasteiger partial charge in [0.2, 0.25) is 0 Å². The molecule has 0 spiro atoms. The lowest BCUT2D eigenvalue weighted by molar-refractivity contribution is 0.414. The molecule has 3 rings (SSSR count). The average molecular weight is 254 g/mol.